The molecule has 0 unspecified atom stereocenters. The molecule has 1 fully saturated rings. The van der Waals surface area contributed by atoms with Gasteiger partial charge in [0.25, 0.3) is 0 Å². The van der Waals surface area contributed by atoms with E-state index in [9.17, 15) is 9.59 Å². The number of nitrogens with zero attached hydrogens (tertiary/aromatic N) is 3. The van der Waals surface area contributed by atoms with Crippen LogP contribution in [0.5, 0.6) is 0 Å². The quantitative estimate of drug-likeness (QED) is 0.942. The maximum Gasteiger partial charge on any atom is 0.232 e. The Kier molecular flexibility index (Phi) is 4.06. The van der Waals surface area contributed by atoms with Crippen molar-refractivity contribution >= 4 is 23.5 Å². The van der Waals surface area contributed by atoms with Gasteiger partial charge in [-0.2, -0.15) is 0 Å². The molecule has 1 aliphatic heterocycles. The fourth-order valence-electron chi connectivity index (χ4n) is 2.60. The summed E-state index contributed by atoms with van der Waals surface area (Å²) in [5.41, 5.74) is 3.14. The van der Waals surface area contributed by atoms with Gasteiger partial charge in [0.2, 0.25) is 17.8 Å². The number of benzene rings is 1. The molecule has 23 heavy (non-hydrogen) atoms. The SMILES string of the molecule is Cc1ccc(N2C[C@H](C(=O)Nc3ncccn3)CC2=O)cc1C. The molecule has 6 nitrogen and oxygen atoms in total. The summed E-state index contributed by atoms with van der Waals surface area (Å²) in [5, 5.41) is 2.66. The van der Waals surface area contributed by atoms with Crippen LogP contribution in [-0.2, 0) is 9.59 Å². The van der Waals surface area contributed by atoms with Crippen LogP contribution in [0.25, 0.3) is 0 Å². The minimum atomic E-state index is -0.395. The van der Waals surface area contributed by atoms with Crippen molar-refractivity contribution in [3.05, 3.63) is 47.8 Å². The first-order valence-corrected chi connectivity index (χ1v) is 7.50. The number of hydrogen-bond acceptors (Lipinski definition) is 4. The summed E-state index contributed by atoms with van der Waals surface area (Å²) in [7, 11) is 0. The average Bonchev–Trinajstić information content (AvgIpc) is 2.93. The van der Waals surface area contributed by atoms with E-state index in [1.807, 2.05) is 32.0 Å². The van der Waals surface area contributed by atoms with Gasteiger partial charge in [-0.1, -0.05) is 6.07 Å². The van der Waals surface area contributed by atoms with Crippen molar-refractivity contribution in [1.29, 1.82) is 0 Å². The van der Waals surface area contributed by atoms with Crippen molar-refractivity contribution in [2.75, 3.05) is 16.8 Å². The summed E-state index contributed by atoms with van der Waals surface area (Å²) in [6.07, 6.45) is 3.32. The Bertz CT molecular complexity index is 746. The van der Waals surface area contributed by atoms with Crippen LogP contribution in [-0.4, -0.2) is 28.3 Å². The third-order valence-electron chi connectivity index (χ3n) is 4.10. The van der Waals surface area contributed by atoms with Crippen molar-refractivity contribution in [3.8, 4) is 0 Å². The molecular formula is C17H18N4O2. The normalized spacial score (nSPS) is 17.4. The van der Waals surface area contributed by atoms with Gasteiger partial charge >= 0.3 is 0 Å². The lowest BCUT2D eigenvalue weighted by molar-refractivity contribution is -0.122. The Hall–Kier alpha value is -2.76. The summed E-state index contributed by atoms with van der Waals surface area (Å²) in [5.74, 6) is -0.402. The second-order valence-corrected chi connectivity index (χ2v) is 5.74. The Labute approximate surface area is 134 Å². The number of amides is 2. The fraction of sp³-hybridized carbons (Fsp3) is 0.294. The van der Waals surface area contributed by atoms with Gasteiger partial charge in [-0.15, -0.1) is 0 Å². The highest BCUT2D eigenvalue weighted by atomic mass is 16.2. The van der Waals surface area contributed by atoms with Crippen molar-refractivity contribution < 1.29 is 9.59 Å². The molecule has 6 heteroatoms. The number of rotatable bonds is 3. The zero-order valence-corrected chi connectivity index (χ0v) is 13.1. The lowest BCUT2D eigenvalue weighted by Crippen LogP contribution is -2.28. The Morgan fingerprint density at radius 3 is 2.65 bits per heavy atom. The minimum Gasteiger partial charge on any atom is -0.312 e. The predicted octanol–water partition coefficient (Wildman–Crippen LogP) is 2.09. The van der Waals surface area contributed by atoms with Gasteiger partial charge in [0.05, 0.1) is 5.92 Å². The molecule has 0 spiro atoms. The summed E-state index contributed by atoms with van der Waals surface area (Å²) >= 11 is 0. The number of nitrogens with one attached hydrogen (secondary N) is 1. The van der Waals surface area contributed by atoms with Gasteiger partial charge in [0.1, 0.15) is 0 Å². The van der Waals surface area contributed by atoms with Gasteiger partial charge in [0, 0.05) is 31.0 Å². The van der Waals surface area contributed by atoms with E-state index in [4.69, 9.17) is 0 Å². The Morgan fingerprint density at radius 2 is 1.96 bits per heavy atom. The van der Waals surface area contributed by atoms with E-state index in [1.165, 1.54) is 5.56 Å². The highest BCUT2D eigenvalue weighted by Gasteiger charge is 2.35. The summed E-state index contributed by atoms with van der Waals surface area (Å²) in [4.78, 5) is 34.1. The van der Waals surface area contributed by atoms with Crippen molar-refractivity contribution in [2.24, 2.45) is 5.92 Å². The number of aromatic nitrogens is 2. The van der Waals surface area contributed by atoms with Crippen LogP contribution in [0.2, 0.25) is 0 Å². The molecule has 2 heterocycles. The third-order valence-corrected chi connectivity index (χ3v) is 4.10. The van der Waals surface area contributed by atoms with Gasteiger partial charge in [-0.25, -0.2) is 9.97 Å². The first-order chi connectivity index (χ1) is 11.0. The molecule has 1 saturated heterocycles. The van der Waals surface area contributed by atoms with Crippen molar-refractivity contribution in [3.63, 3.8) is 0 Å². The highest BCUT2D eigenvalue weighted by molar-refractivity contribution is 6.03. The average molecular weight is 310 g/mol. The maximum absolute atomic E-state index is 12.3. The van der Waals surface area contributed by atoms with Gasteiger partial charge in [0.15, 0.2) is 0 Å². The molecule has 1 aromatic heterocycles. The number of carbonyl (C=O) groups is 2. The van der Waals surface area contributed by atoms with Crippen LogP contribution >= 0.6 is 0 Å². The van der Waals surface area contributed by atoms with Crippen LogP contribution in [0.3, 0.4) is 0 Å². The third kappa shape index (κ3) is 3.21. The Balaban J connectivity index is 1.71. The van der Waals surface area contributed by atoms with Crippen LogP contribution < -0.4 is 10.2 Å². The summed E-state index contributed by atoms with van der Waals surface area (Å²) in [6.45, 7) is 4.41. The molecule has 1 aromatic carbocycles. The largest absolute Gasteiger partial charge is 0.312 e. The highest BCUT2D eigenvalue weighted by Crippen LogP contribution is 2.27. The van der Waals surface area contributed by atoms with Gasteiger partial charge in [-0.05, 0) is 43.2 Å². The van der Waals surface area contributed by atoms with E-state index < -0.39 is 5.92 Å². The standard InChI is InChI=1S/C17H18N4O2/c1-11-4-5-14(8-12(11)2)21-10-13(9-15(21)22)16(23)20-17-18-6-3-7-19-17/h3-8,13H,9-10H2,1-2H3,(H,18,19,20,23)/t13-/m1/s1. The van der Waals surface area contributed by atoms with Gasteiger partial charge < -0.3 is 4.90 Å². The lowest BCUT2D eigenvalue weighted by Gasteiger charge is -2.18. The topological polar surface area (TPSA) is 75.2 Å². The Morgan fingerprint density at radius 1 is 1.22 bits per heavy atom. The number of aryl methyl sites for hydroxylation is 2. The van der Waals surface area contributed by atoms with Crippen LogP contribution in [0.4, 0.5) is 11.6 Å². The summed E-state index contributed by atoms with van der Waals surface area (Å²) in [6, 6.07) is 7.56. The summed E-state index contributed by atoms with van der Waals surface area (Å²) < 4.78 is 0. The van der Waals surface area contributed by atoms with Crippen LogP contribution in [0.15, 0.2) is 36.7 Å². The zero-order chi connectivity index (χ0) is 16.4. The van der Waals surface area contributed by atoms with E-state index in [0.29, 0.717) is 6.54 Å². The molecular weight excluding hydrogens is 292 g/mol. The van der Waals surface area contributed by atoms with Gasteiger partial charge in [-0.3, -0.25) is 14.9 Å². The molecule has 3 rings (SSSR count). The molecule has 1 aliphatic rings. The monoisotopic (exact) mass is 310 g/mol. The minimum absolute atomic E-state index is 0.0395. The van der Waals surface area contributed by atoms with E-state index >= 15 is 0 Å². The molecule has 2 aromatic rings. The molecule has 1 atom stereocenters. The van der Waals surface area contributed by atoms with Crippen molar-refractivity contribution in [2.45, 2.75) is 20.3 Å². The molecule has 0 aliphatic carbocycles. The van der Waals surface area contributed by atoms with Crippen LogP contribution in [0.1, 0.15) is 17.5 Å². The van der Waals surface area contributed by atoms with Crippen LogP contribution in [0, 0.1) is 19.8 Å². The number of carbonyl (C=O) groups excluding carboxylic acids is 2. The van der Waals surface area contributed by atoms with E-state index in [1.54, 1.807) is 23.4 Å². The molecule has 0 bridgehead atoms. The number of hydrogen-bond donors (Lipinski definition) is 1. The molecule has 2 amide bonds. The molecule has 118 valence electrons. The molecule has 0 radical (unpaired) electrons. The van der Waals surface area contributed by atoms with E-state index in [2.05, 4.69) is 15.3 Å². The first-order valence-electron chi connectivity index (χ1n) is 7.50. The van der Waals surface area contributed by atoms with E-state index in [0.717, 1.165) is 11.3 Å². The van der Waals surface area contributed by atoms with E-state index in [-0.39, 0.29) is 24.2 Å². The predicted molar refractivity (Wildman–Crippen MR) is 87.0 cm³/mol. The maximum atomic E-state index is 12.3. The fourth-order valence-corrected chi connectivity index (χ4v) is 2.60. The number of anilines is 2. The second-order valence-electron chi connectivity index (χ2n) is 5.74. The molecule has 1 N–H and O–H groups in total. The first kappa shape index (κ1) is 15.1. The molecule has 0 saturated carbocycles. The zero-order valence-electron chi connectivity index (χ0n) is 13.1. The lowest BCUT2D eigenvalue weighted by atomic mass is 10.1. The second kappa shape index (κ2) is 6.16. The van der Waals surface area contributed by atoms with Crippen molar-refractivity contribution in [1.82, 2.24) is 9.97 Å². The smallest absolute Gasteiger partial charge is 0.232 e.